The Morgan fingerprint density at radius 2 is 0.202 bits per heavy atom. The standard InChI is InChI=1S/C39H2F78O12/c40-3(41,26(88,89)120-12(58,18(64,65)66)19(67,68)69)1(118,5(44,45)28(92,93)122-14(60,22(76,77)78)34(104,105)124-16(62,24(82,83)84)36(108,109)128-38(112,113)114)7(48,49)30(96,97)126-32(100,101)10(54,55)9(52,53)11(56,57)33(102,103)127-31(98,99)8(50,51)2(119,4(42,43)27(90,91)121-13(59,20(70,71)72)21(73,74)75)6(46,47)29(94,95)123-15(61,23(79,80)81)35(106,107)125-17(63,25(85,86)87)37(110,111)129-39(115,116)117/h118-119H. The van der Waals surface area contributed by atoms with Crippen LogP contribution in [0.3, 0.4) is 0 Å². The van der Waals surface area contributed by atoms with Crippen molar-refractivity contribution in [2.75, 3.05) is 0 Å². The van der Waals surface area contributed by atoms with Gasteiger partial charge in [-0.05, 0) is 0 Å². The van der Waals surface area contributed by atoms with Crippen molar-refractivity contribution in [3.63, 3.8) is 0 Å². The van der Waals surface area contributed by atoms with Crippen molar-refractivity contribution in [2.24, 2.45) is 0 Å². The lowest BCUT2D eigenvalue weighted by molar-refractivity contribution is -0.592. The molecule has 0 saturated heterocycles. The van der Waals surface area contributed by atoms with E-state index in [0.29, 0.717) is 18.9 Å². The highest BCUT2D eigenvalue weighted by molar-refractivity contribution is 5.23. The summed E-state index contributed by atoms with van der Waals surface area (Å²) >= 11 is 0. The van der Waals surface area contributed by atoms with Crippen molar-refractivity contribution in [3.8, 4) is 0 Å². The molecule has 0 bridgehead atoms. The van der Waals surface area contributed by atoms with Crippen molar-refractivity contribution in [3.05, 3.63) is 0 Å². The van der Waals surface area contributed by atoms with E-state index in [1.54, 1.807) is 0 Å². The van der Waals surface area contributed by atoms with E-state index in [2.05, 4.69) is 0 Å². The van der Waals surface area contributed by atoms with Crippen LogP contribution in [0.4, 0.5) is 342 Å². The molecule has 6 unspecified atom stereocenters. The Kier molecular flexibility index (Phi) is 30.1. The van der Waals surface area contributed by atoms with Gasteiger partial charge in [0.2, 0.25) is 0 Å². The maximum atomic E-state index is 15.6. The number of rotatable bonds is 38. The van der Waals surface area contributed by atoms with E-state index in [1.165, 1.54) is 0 Å². The molecule has 776 valence electrons. The van der Waals surface area contributed by atoms with Crippen LogP contribution < -0.4 is 0 Å². The zero-order chi connectivity index (χ0) is 107. The van der Waals surface area contributed by atoms with E-state index in [9.17, 15) is 256 Å². The maximum Gasteiger partial charge on any atom is 0.527 e. The van der Waals surface area contributed by atoms with Gasteiger partial charge in [0, 0.05) is 0 Å². The Hall–Kier alpha value is -5.94. The van der Waals surface area contributed by atoms with Gasteiger partial charge in [-0.1, -0.05) is 0 Å². The fourth-order valence-corrected chi connectivity index (χ4v) is 7.14. The average Bonchev–Trinajstić information content (AvgIpc) is 0.672. The van der Waals surface area contributed by atoms with Crippen LogP contribution in [0.15, 0.2) is 0 Å². The fourth-order valence-electron chi connectivity index (χ4n) is 7.14. The number of aliphatic hydroxyl groups is 2. The summed E-state index contributed by atoms with van der Waals surface area (Å²) in [6, 6.07) is 0. The summed E-state index contributed by atoms with van der Waals surface area (Å²) in [6.45, 7) is 0. The number of halogens is 78. The van der Waals surface area contributed by atoms with E-state index in [-0.39, 0.29) is 28.4 Å². The predicted molar refractivity (Wildman–Crippen MR) is 208 cm³/mol. The summed E-state index contributed by atoms with van der Waals surface area (Å²) in [5.41, 5.74) is -23.8. The maximum absolute atomic E-state index is 15.6. The summed E-state index contributed by atoms with van der Waals surface area (Å²) in [7, 11) is 0. The van der Waals surface area contributed by atoms with Gasteiger partial charge in [0.25, 0.3) is 11.2 Å². The van der Waals surface area contributed by atoms with Crippen LogP contribution >= 0.6 is 0 Å². The monoisotopic (exact) mass is 2140 g/mol. The minimum atomic E-state index is -11.9. The second kappa shape index (κ2) is 31.6. The van der Waals surface area contributed by atoms with Gasteiger partial charge in [0.15, 0.2) is 0 Å². The van der Waals surface area contributed by atoms with Gasteiger partial charge in [0.05, 0.1) is 0 Å². The summed E-state index contributed by atoms with van der Waals surface area (Å²) < 4.78 is 1110. The predicted octanol–water partition coefficient (Wildman–Crippen LogP) is 23.0. The zero-order valence-electron chi connectivity index (χ0n) is 54.0. The second-order valence-electron chi connectivity index (χ2n) is 22.3. The molecule has 0 radical (unpaired) electrons. The van der Waals surface area contributed by atoms with Crippen LogP contribution in [0.1, 0.15) is 0 Å². The second-order valence-corrected chi connectivity index (χ2v) is 22.3. The number of hydrogen-bond acceptors (Lipinski definition) is 12. The fraction of sp³-hybridized carbons (Fsp3) is 1.00. The van der Waals surface area contributed by atoms with Crippen molar-refractivity contribution < 1.29 is 400 Å². The molecule has 2 N–H and O–H groups in total. The summed E-state index contributed by atoms with van der Waals surface area (Å²) in [5, 5.41) is 18.7. The van der Waals surface area contributed by atoms with Gasteiger partial charge in [-0.2, -0.15) is 316 Å². The Labute approximate surface area is 636 Å². The van der Waals surface area contributed by atoms with Crippen molar-refractivity contribution in [2.45, 2.75) is 235 Å². The van der Waals surface area contributed by atoms with Gasteiger partial charge in [-0.25, -0.2) is 18.9 Å². The van der Waals surface area contributed by atoms with E-state index < -0.39 is 235 Å². The summed E-state index contributed by atoms with van der Waals surface area (Å²) in [4.78, 5) is 0. The molecule has 0 aliphatic rings. The van der Waals surface area contributed by atoms with E-state index in [1.807, 2.05) is 0 Å². The first-order valence-corrected chi connectivity index (χ1v) is 26.3. The molecular formula is C39H2F78O12. The molecule has 129 heavy (non-hydrogen) atoms. The van der Waals surface area contributed by atoms with Gasteiger partial charge in [0.1, 0.15) is 0 Å². The van der Waals surface area contributed by atoms with Crippen LogP contribution in [-0.2, 0) is 47.4 Å². The highest BCUT2D eigenvalue weighted by Gasteiger charge is 3.04. The Bertz CT molecular complexity index is 3580. The third-order valence-electron chi connectivity index (χ3n) is 13.5. The molecule has 90 heteroatoms. The molecule has 6 atom stereocenters. The molecule has 12 nitrogen and oxygen atoms in total. The van der Waals surface area contributed by atoms with Crippen molar-refractivity contribution in [1.29, 1.82) is 0 Å². The number of hydrogen-bond donors (Lipinski definition) is 2. The lowest BCUT2D eigenvalue weighted by Gasteiger charge is -2.51. The lowest BCUT2D eigenvalue weighted by Crippen LogP contribution is -2.83. The third-order valence-corrected chi connectivity index (χ3v) is 13.5. The molecule has 0 saturated carbocycles. The number of ether oxygens (including phenoxy) is 10. The Balaban J connectivity index is 10.1. The quantitative estimate of drug-likeness (QED) is 0.0570. The van der Waals surface area contributed by atoms with Gasteiger partial charge in [-0.3, -0.25) is 28.4 Å². The van der Waals surface area contributed by atoms with Crippen molar-refractivity contribution in [1.82, 2.24) is 0 Å². The molecule has 0 fully saturated rings. The first kappa shape index (κ1) is 123. The third kappa shape index (κ3) is 18.8. The van der Waals surface area contributed by atoms with E-state index in [4.69, 9.17) is 0 Å². The molecule has 0 spiro atoms. The molecule has 0 heterocycles. The molecular weight excluding hydrogens is 2140 g/mol. The highest BCUT2D eigenvalue weighted by atomic mass is 19.5. The first-order valence-electron chi connectivity index (χ1n) is 26.3. The summed E-state index contributed by atoms with van der Waals surface area (Å²) in [5.74, 6) is -164. The van der Waals surface area contributed by atoms with Crippen LogP contribution in [0.5, 0.6) is 0 Å². The molecule has 0 rings (SSSR count). The Morgan fingerprint density at radius 1 is 0.101 bits per heavy atom. The summed E-state index contributed by atoms with van der Waals surface area (Å²) in [6.07, 6.45) is -220. The molecule has 0 aromatic rings. The van der Waals surface area contributed by atoms with E-state index >= 15 is 96.6 Å². The largest absolute Gasteiger partial charge is 0.527 e. The minimum Gasteiger partial charge on any atom is -0.373 e. The molecule has 0 aliphatic heterocycles. The molecule has 0 amide bonds. The van der Waals surface area contributed by atoms with Gasteiger partial charge >= 0.3 is 224 Å². The Morgan fingerprint density at radius 3 is 0.326 bits per heavy atom. The first-order chi connectivity index (χ1) is 54.1. The van der Waals surface area contributed by atoms with Gasteiger partial charge < -0.3 is 10.2 Å². The highest BCUT2D eigenvalue weighted by Crippen LogP contribution is 2.73. The molecule has 0 aromatic carbocycles. The normalized spacial score (nSPS) is 19.5. The van der Waals surface area contributed by atoms with Crippen LogP contribution in [-0.4, -0.2) is 245 Å². The van der Waals surface area contributed by atoms with Crippen LogP contribution in [0, 0.1) is 0 Å². The van der Waals surface area contributed by atoms with Gasteiger partial charge in [-0.15, -0.1) is 26.3 Å². The minimum absolute atomic E-state index is 0.110. The number of alkyl halides is 78. The zero-order valence-corrected chi connectivity index (χ0v) is 54.0. The smallest absolute Gasteiger partial charge is 0.373 e. The SMILES string of the molecule is OC(C(F)(F)C(F)(F)OC(F)(F)C(F)(F)C(F)(F)C(F)(F)C(F)(F)OC(F)(F)C(F)(F)C(O)(C(F)(F)C(F)(F)OC(F)(C(F)(F)F)C(F)(F)F)C(F)(F)C(F)(F)OC(F)(C(F)(F)F)C(F)(F)OC(F)(C(F)(F)F)C(F)(F)OC(F)(F)F)(C(F)(F)C(F)(F)OC(F)(C(F)(F)F)C(F)(F)F)C(F)(F)C(F)(F)OC(F)(C(F)(F)F)C(F)(F)OC(F)(C(F)(F)F)C(F)(F)OC(F)(F)F. The average molecular weight is 2140 g/mol. The molecule has 0 aromatic heterocycles. The van der Waals surface area contributed by atoms with Crippen LogP contribution in [0.25, 0.3) is 0 Å². The van der Waals surface area contributed by atoms with E-state index in [0.717, 1.165) is 0 Å². The van der Waals surface area contributed by atoms with Crippen molar-refractivity contribution >= 4 is 0 Å². The van der Waals surface area contributed by atoms with Crippen LogP contribution in [0.2, 0.25) is 0 Å². The topological polar surface area (TPSA) is 133 Å². The molecule has 0 aliphatic carbocycles. The lowest BCUT2D eigenvalue weighted by atomic mass is 9.79.